The molecule has 3 N–H and O–H groups in total. The molecule has 258 valence electrons. The number of aromatic carboxylic acids is 1. The molecular formula is C45H32N2O6. The number of ether oxygens (including phenoxy) is 1. The number of hydrogen-bond donors (Lipinski definition) is 3. The molecule has 53 heavy (non-hydrogen) atoms. The summed E-state index contributed by atoms with van der Waals surface area (Å²) < 4.78 is 4.81. The second kappa shape index (κ2) is 18.4. The first-order chi connectivity index (χ1) is 25.8. The summed E-state index contributed by atoms with van der Waals surface area (Å²) in [5, 5.41) is 14.8. The Balaban J connectivity index is 0.000000204. The zero-order valence-electron chi connectivity index (χ0n) is 28.5. The summed E-state index contributed by atoms with van der Waals surface area (Å²) >= 11 is 0. The lowest BCUT2D eigenvalue weighted by molar-refractivity contribution is 0.0600. The quantitative estimate of drug-likeness (QED) is 0.119. The van der Waals surface area contributed by atoms with Gasteiger partial charge in [-0.1, -0.05) is 96.5 Å². The van der Waals surface area contributed by atoms with E-state index < -0.39 is 11.9 Å². The molecule has 6 rings (SSSR count). The van der Waals surface area contributed by atoms with E-state index in [2.05, 4.69) is 34.3 Å². The molecule has 0 bridgehead atoms. The summed E-state index contributed by atoms with van der Waals surface area (Å²) in [4.78, 5) is 48.3. The zero-order chi connectivity index (χ0) is 37.4. The summed E-state index contributed by atoms with van der Waals surface area (Å²) in [7, 11) is 1.30. The van der Waals surface area contributed by atoms with Crippen molar-refractivity contribution in [2.24, 2.45) is 0 Å². The summed E-state index contributed by atoms with van der Waals surface area (Å²) in [6.07, 6.45) is 0. The van der Waals surface area contributed by atoms with Crippen molar-refractivity contribution in [3.05, 3.63) is 202 Å². The minimum absolute atomic E-state index is 0.0135. The lowest BCUT2D eigenvalue weighted by Gasteiger charge is -2.10. The van der Waals surface area contributed by atoms with Crippen LogP contribution in [0.2, 0.25) is 0 Å². The van der Waals surface area contributed by atoms with Crippen LogP contribution in [0.4, 0.5) is 11.4 Å². The highest BCUT2D eigenvalue weighted by molar-refractivity contribution is 6.09. The van der Waals surface area contributed by atoms with E-state index in [9.17, 15) is 24.3 Å². The Bertz CT molecular complexity index is 2350. The Morgan fingerprint density at radius 3 is 1.23 bits per heavy atom. The van der Waals surface area contributed by atoms with E-state index in [0.717, 1.165) is 11.1 Å². The molecule has 0 fully saturated rings. The molecule has 2 amide bonds. The number of methoxy groups -OCH3 is 1. The van der Waals surface area contributed by atoms with Crippen LogP contribution in [-0.4, -0.2) is 36.0 Å². The second-order valence-corrected chi connectivity index (χ2v) is 11.2. The maximum absolute atomic E-state index is 12.5. The van der Waals surface area contributed by atoms with Crippen molar-refractivity contribution in [3.8, 4) is 23.7 Å². The van der Waals surface area contributed by atoms with Crippen molar-refractivity contribution in [2.75, 3.05) is 17.7 Å². The Labute approximate surface area is 307 Å². The molecule has 0 unspecified atom stereocenters. The molecule has 6 aromatic rings. The van der Waals surface area contributed by atoms with Crippen LogP contribution in [0.1, 0.15) is 63.7 Å². The number of amides is 2. The van der Waals surface area contributed by atoms with Gasteiger partial charge in [0.1, 0.15) is 0 Å². The molecule has 0 aromatic heterocycles. The fraction of sp³-hybridized carbons (Fsp3) is 0.0222. The van der Waals surface area contributed by atoms with Crippen LogP contribution in [0.3, 0.4) is 0 Å². The van der Waals surface area contributed by atoms with Crippen molar-refractivity contribution in [2.45, 2.75) is 0 Å². The molecule has 0 heterocycles. The van der Waals surface area contributed by atoms with Crippen LogP contribution >= 0.6 is 0 Å². The number of carboxylic acids is 1. The van der Waals surface area contributed by atoms with E-state index in [1.807, 2.05) is 66.7 Å². The van der Waals surface area contributed by atoms with Crippen molar-refractivity contribution < 1.29 is 29.0 Å². The predicted molar refractivity (Wildman–Crippen MR) is 205 cm³/mol. The molecule has 0 aliphatic carbocycles. The minimum Gasteiger partial charge on any atom is -0.478 e. The Kier molecular flexibility index (Phi) is 12.7. The van der Waals surface area contributed by atoms with Crippen LogP contribution in [0.15, 0.2) is 158 Å². The first-order valence-corrected chi connectivity index (χ1v) is 16.3. The maximum Gasteiger partial charge on any atom is 0.339 e. The van der Waals surface area contributed by atoms with Gasteiger partial charge in [-0.25, -0.2) is 9.59 Å². The fourth-order valence-corrected chi connectivity index (χ4v) is 4.82. The Morgan fingerprint density at radius 2 is 0.830 bits per heavy atom. The number of nitrogens with one attached hydrogen (secondary N) is 2. The lowest BCUT2D eigenvalue weighted by Crippen LogP contribution is -2.15. The van der Waals surface area contributed by atoms with E-state index in [1.54, 1.807) is 84.9 Å². The molecule has 8 nitrogen and oxygen atoms in total. The number of benzene rings is 6. The highest BCUT2D eigenvalue weighted by Gasteiger charge is 2.16. The highest BCUT2D eigenvalue weighted by atomic mass is 16.5. The zero-order valence-corrected chi connectivity index (χ0v) is 28.5. The normalized spacial score (nSPS) is 9.68. The summed E-state index contributed by atoms with van der Waals surface area (Å²) in [5.41, 5.74) is 4.82. The van der Waals surface area contributed by atoms with Crippen LogP contribution < -0.4 is 10.6 Å². The molecule has 0 aliphatic rings. The van der Waals surface area contributed by atoms with Gasteiger partial charge in [-0.15, -0.1) is 0 Å². The molecule has 0 saturated carbocycles. The van der Waals surface area contributed by atoms with Gasteiger partial charge >= 0.3 is 11.9 Å². The first-order valence-electron chi connectivity index (χ1n) is 16.3. The first kappa shape index (κ1) is 36.6. The molecule has 0 aliphatic heterocycles. The van der Waals surface area contributed by atoms with Crippen LogP contribution in [0.25, 0.3) is 0 Å². The Hall–Kier alpha value is -7.68. The number of anilines is 2. The van der Waals surface area contributed by atoms with Crippen molar-refractivity contribution in [1.29, 1.82) is 0 Å². The third-order valence-electron chi connectivity index (χ3n) is 7.49. The number of carboxylic acid groups (broad SMARTS) is 1. The molecule has 0 saturated heterocycles. The molecule has 8 heteroatoms. The average Bonchev–Trinajstić information content (AvgIpc) is 3.20. The third-order valence-corrected chi connectivity index (χ3v) is 7.49. The predicted octanol–water partition coefficient (Wildman–Crippen LogP) is 8.16. The average molecular weight is 697 g/mol. The molecule has 0 atom stereocenters. The number of esters is 1. The monoisotopic (exact) mass is 696 g/mol. The van der Waals surface area contributed by atoms with Gasteiger partial charge in [0.2, 0.25) is 0 Å². The largest absolute Gasteiger partial charge is 0.478 e. The van der Waals surface area contributed by atoms with E-state index in [1.165, 1.54) is 13.2 Å². The number of carbonyl (C=O) groups is 4. The summed E-state index contributed by atoms with van der Waals surface area (Å²) in [6, 6.07) is 46.1. The van der Waals surface area contributed by atoms with Crippen molar-refractivity contribution in [1.82, 2.24) is 0 Å². The SMILES string of the molecule is COC(=O)c1ccc(C#Cc2ccccc2)cc1NC(=O)c1ccccc1.O=C(Nc1cc(C#Cc2ccccc2)ccc1C(=O)O)c1ccccc1. The Morgan fingerprint density at radius 1 is 0.472 bits per heavy atom. The van der Waals surface area contributed by atoms with Crippen LogP contribution in [0.5, 0.6) is 0 Å². The van der Waals surface area contributed by atoms with Gasteiger partial charge in [0.15, 0.2) is 0 Å². The van der Waals surface area contributed by atoms with Crippen LogP contribution in [0, 0.1) is 23.7 Å². The van der Waals surface area contributed by atoms with Gasteiger partial charge in [-0.05, 0) is 84.9 Å². The standard InChI is InChI=1S/C23H17NO3.C22H15NO3/c1-27-23(26)20-15-14-18(13-12-17-8-4-2-5-9-17)16-21(20)24-22(25)19-10-6-3-7-11-19;24-21(18-9-5-2-6-10-18)23-20-15-17(13-14-19(20)22(25)26)12-11-16-7-3-1-4-8-16/h2-11,14-16H,1H3,(H,24,25);1-10,13-15H,(H,23,24)(H,25,26). The second-order valence-electron chi connectivity index (χ2n) is 11.2. The molecule has 6 aromatic carbocycles. The van der Waals surface area contributed by atoms with Crippen LogP contribution in [-0.2, 0) is 4.74 Å². The summed E-state index contributed by atoms with van der Waals surface area (Å²) in [6.45, 7) is 0. The van der Waals surface area contributed by atoms with Gasteiger partial charge in [-0.3, -0.25) is 9.59 Å². The fourth-order valence-electron chi connectivity index (χ4n) is 4.82. The van der Waals surface area contributed by atoms with Gasteiger partial charge in [-0.2, -0.15) is 0 Å². The summed E-state index contributed by atoms with van der Waals surface area (Å²) in [5.74, 6) is 9.77. The molecular weight excluding hydrogens is 665 g/mol. The topological polar surface area (TPSA) is 122 Å². The van der Waals surface area contributed by atoms with Crippen molar-refractivity contribution in [3.63, 3.8) is 0 Å². The maximum atomic E-state index is 12.5. The number of rotatable bonds is 6. The van der Waals surface area contributed by atoms with Crippen molar-refractivity contribution >= 4 is 35.1 Å². The van der Waals surface area contributed by atoms with Gasteiger partial charge in [0.25, 0.3) is 11.8 Å². The van der Waals surface area contributed by atoms with E-state index in [0.29, 0.717) is 27.9 Å². The van der Waals surface area contributed by atoms with E-state index in [-0.39, 0.29) is 28.6 Å². The number of carbonyl (C=O) groups excluding carboxylic acids is 3. The third kappa shape index (κ3) is 10.7. The molecule has 0 spiro atoms. The van der Waals surface area contributed by atoms with Gasteiger partial charge < -0.3 is 20.5 Å². The van der Waals surface area contributed by atoms with Gasteiger partial charge in [0, 0.05) is 33.4 Å². The molecule has 0 radical (unpaired) electrons. The number of hydrogen-bond acceptors (Lipinski definition) is 5. The lowest BCUT2D eigenvalue weighted by atomic mass is 10.1. The van der Waals surface area contributed by atoms with Gasteiger partial charge in [0.05, 0.1) is 29.6 Å². The smallest absolute Gasteiger partial charge is 0.339 e. The minimum atomic E-state index is -1.11. The van der Waals surface area contributed by atoms with E-state index >= 15 is 0 Å². The van der Waals surface area contributed by atoms with E-state index in [4.69, 9.17) is 4.74 Å². The highest BCUT2D eigenvalue weighted by Crippen LogP contribution is 2.21.